The van der Waals surface area contributed by atoms with Gasteiger partial charge < -0.3 is 21.3 Å². The monoisotopic (exact) mass is 572 g/mol. The number of nitrogens with two attached hydrogens (primary N) is 2. The highest BCUT2D eigenvalue weighted by atomic mass is 16.2. The van der Waals surface area contributed by atoms with E-state index in [-0.39, 0.29) is 17.5 Å². The summed E-state index contributed by atoms with van der Waals surface area (Å²) in [6.45, 7) is 3.17. The number of anilines is 2. The lowest BCUT2D eigenvalue weighted by Gasteiger charge is -2.38. The highest BCUT2D eigenvalue weighted by Gasteiger charge is 2.34. The van der Waals surface area contributed by atoms with Gasteiger partial charge in [0.05, 0.1) is 11.3 Å². The van der Waals surface area contributed by atoms with Crippen LogP contribution in [-0.2, 0) is 10.3 Å². The molecule has 0 spiro atoms. The summed E-state index contributed by atoms with van der Waals surface area (Å²) < 4.78 is 2.06. The van der Waals surface area contributed by atoms with E-state index in [0.717, 1.165) is 83.7 Å². The largest absolute Gasteiger partial charge is 0.383 e. The van der Waals surface area contributed by atoms with Gasteiger partial charge in [0.2, 0.25) is 5.91 Å². The van der Waals surface area contributed by atoms with Crippen molar-refractivity contribution >= 4 is 28.6 Å². The van der Waals surface area contributed by atoms with Crippen molar-refractivity contribution < 1.29 is 4.79 Å². The second-order valence-electron chi connectivity index (χ2n) is 11.9. The van der Waals surface area contributed by atoms with Crippen molar-refractivity contribution in [2.75, 3.05) is 30.8 Å². The summed E-state index contributed by atoms with van der Waals surface area (Å²) in [6.07, 6.45) is 5.81. The van der Waals surface area contributed by atoms with Gasteiger partial charge in [-0.25, -0.2) is 15.0 Å². The van der Waals surface area contributed by atoms with Crippen LogP contribution >= 0.6 is 0 Å². The molecule has 1 aliphatic carbocycles. The Morgan fingerprint density at radius 1 is 1.02 bits per heavy atom. The maximum Gasteiger partial charge on any atom is 0.219 e. The van der Waals surface area contributed by atoms with E-state index < -0.39 is 0 Å². The molecule has 1 saturated carbocycles. The Bertz CT molecular complexity index is 1820. The first-order valence-corrected chi connectivity index (χ1v) is 14.9. The van der Waals surface area contributed by atoms with Crippen LogP contribution < -0.4 is 16.4 Å². The Balaban J connectivity index is 1.30. The third kappa shape index (κ3) is 4.79. The van der Waals surface area contributed by atoms with Crippen LogP contribution in [0.15, 0.2) is 79.0 Å². The zero-order chi connectivity index (χ0) is 29.7. The molecule has 2 aliphatic rings. The van der Waals surface area contributed by atoms with Crippen LogP contribution in [0.25, 0.3) is 39.5 Å². The van der Waals surface area contributed by atoms with Gasteiger partial charge >= 0.3 is 0 Å². The molecule has 1 saturated heterocycles. The summed E-state index contributed by atoms with van der Waals surface area (Å²) in [6, 6.07) is 25.0. The Morgan fingerprint density at radius 2 is 1.84 bits per heavy atom. The summed E-state index contributed by atoms with van der Waals surface area (Å²) in [4.78, 5) is 30.6. The number of likely N-dealkylation sites (N-methyl/N-ethyl adjacent to an activating group) is 1. The minimum Gasteiger partial charge on any atom is -0.383 e. The number of likely N-dealkylation sites (tertiary alicyclic amines) is 1. The lowest BCUT2D eigenvalue weighted by Crippen LogP contribution is -2.43. The highest BCUT2D eigenvalue weighted by molar-refractivity contribution is 5.85. The van der Waals surface area contributed by atoms with Crippen molar-refractivity contribution in [1.82, 2.24) is 24.4 Å². The van der Waals surface area contributed by atoms with Crippen LogP contribution in [0.1, 0.15) is 38.2 Å². The Labute approximate surface area is 251 Å². The molecular formula is C34H36N8O. The topological polar surface area (TPSA) is 119 Å². The first-order chi connectivity index (χ1) is 20.8. The quantitative estimate of drug-likeness (QED) is 0.290. The number of nitrogens with zero attached hydrogens (tertiary/aromatic N) is 6. The van der Waals surface area contributed by atoms with Crippen molar-refractivity contribution in [2.45, 2.75) is 44.2 Å². The number of hydrogen-bond acceptors (Lipinski definition) is 7. The summed E-state index contributed by atoms with van der Waals surface area (Å²) in [5.74, 6) is 1.23. The molecule has 4 N–H and O–H groups in total. The number of fused-ring (bicyclic) bond motifs is 1. The first-order valence-electron chi connectivity index (χ1n) is 14.9. The van der Waals surface area contributed by atoms with E-state index in [1.807, 2.05) is 29.2 Å². The standard InChI is InChI=1S/C34H36N8O/c1-22(43)41-19-15-27(21-41)40(2)26-7-3-6-23(20-26)29-13-14-30-33(38-29)42(32(39-30)28-8-4-18-37-31(28)35)25-11-9-24(10-12-25)34(36)16-5-17-34/h3-4,6-14,18,20,27H,5,15-17,19,21,36H2,1-2H3,(H2,35,37)/t27-/m0/s1. The summed E-state index contributed by atoms with van der Waals surface area (Å²) >= 11 is 0. The molecule has 9 heteroatoms. The number of nitrogen functional groups attached to an aromatic ring is 1. The summed E-state index contributed by atoms with van der Waals surface area (Å²) in [5.41, 5.74) is 20.0. The number of carbonyl (C=O) groups excluding carboxylic acids is 1. The van der Waals surface area contributed by atoms with Crippen LogP contribution in [-0.4, -0.2) is 56.5 Å². The van der Waals surface area contributed by atoms with Gasteiger partial charge in [-0.1, -0.05) is 24.3 Å². The van der Waals surface area contributed by atoms with Gasteiger partial charge in [0.15, 0.2) is 11.5 Å². The van der Waals surface area contributed by atoms with Gasteiger partial charge in [-0.2, -0.15) is 0 Å². The van der Waals surface area contributed by atoms with E-state index in [2.05, 4.69) is 70.0 Å². The molecule has 9 nitrogen and oxygen atoms in total. The van der Waals surface area contributed by atoms with Crippen LogP contribution in [0, 0.1) is 0 Å². The van der Waals surface area contributed by atoms with E-state index in [4.69, 9.17) is 21.4 Å². The molecule has 43 heavy (non-hydrogen) atoms. The molecule has 7 rings (SSSR count). The van der Waals surface area contributed by atoms with Crippen LogP contribution in [0.2, 0.25) is 0 Å². The number of aromatic nitrogens is 4. The number of carbonyl (C=O) groups is 1. The third-order valence-corrected chi connectivity index (χ3v) is 9.24. The normalized spacial score (nSPS) is 17.7. The number of benzene rings is 2. The highest BCUT2D eigenvalue weighted by Crippen LogP contribution is 2.39. The SMILES string of the molecule is CC(=O)N1CC[C@H](N(C)c2cccc(-c3ccc4nc(-c5cccnc5N)n(-c5ccc(C6(N)CCC6)cc5)c4n3)c2)C1. The zero-order valence-electron chi connectivity index (χ0n) is 24.6. The Hall–Kier alpha value is -4.76. The number of imidazole rings is 1. The molecule has 0 bridgehead atoms. The van der Waals surface area contributed by atoms with Gasteiger partial charge in [-0.15, -0.1) is 0 Å². The average Bonchev–Trinajstić information content (AvgIpc) is 3.65. The molecule has 218 valence electrons. The molecule has 5 aromatic rings. The molecule has 2 fully saturated rings. The lowest BCUT2D eigenvalue weighted by atomic mass is 9.73. The second-order valence-corrected chi connectivity index (χ2v) is 11.9. The summed E-state index contributed by atoms with van der Waals surface area (Å²) in [7, 11) is 2.10. The molecule has 1 amide bonds. The van der Waals surface area contributed by atoms with Crippen molar-refractivity contribution in [2.24, 2.45) is 5.73 Å². The number of rotatable bonds is 6. The summed E-state index contributed by atoms with van der Waals surface area (Å²) in [5, 5.41) is 0. The fourth-order valence-electron chi connectivity index (χ4n) is 6.38. The van der Waals surface area contributed by atoms with Crippen LogP contribution in [0.3, 0.4) is 0 Å². The molecule has 0 unspecified atom stereocenters. The maximum atomic E-state index is 11.9. The van der Waals surface area contributed by atoms with Crippen LogP contribution in [0.4, 0.5) is 11.5 Å². The first kappa shape index (κ1) is 27.1. The predicted molar refractivity (Wildman–Crippen MR) is 171 cm³/mol. The second kappa shape index (κ2) is 10.5. The number of amides is 1. The van der Waals surface area contributed by atoms with Gasteiger partial charge in [-0.05, 0) is 79.8 Å². The van der Waals surface area contributed by atoms with Gasteiger partial charge in [0.25, 0.3) is 0 Å². The molecule has 3 aromatic heterocycles. The number of hydrogen-bond donors (Lipinski definition) is 2. The fourth-order valence-corrected chi connectivity index (χ4v) is 6.38. The minimum atomic E-state index is -0.238. The fraction of sp³-hybridized carbons (Fsp3) is 0.294. The van der Waals surface area contributed by atoms with Crippen molar-refractivity contribution in [3.05, 3.63) is 84.6 Å². The molecule has 1 aliphatic heterocycles. The third-order valence-electron chi connectivity index (χ3n) is 9.24. The molecule has 1 atom stereocenters. The van der Waals surface area contributed by atoms with Gasteiger partial charge in [-0.3, -0.25) is 9.36 Å². The van der Waals surface area contributed by atoms with Gasteiger partial charge in [0, 0.05) is 61.8 Å². The lowest BCUT2D eigenvalue weighted by molar-refractivity contribution is -0.127. The molecule has 2 aromatic carbocycles. The maximum absolute atomic E-state index is 11.9. The van der Waals surface area contributed by atoms with E-state index in [9.17, 15) is 4.79 Å². The molecule has 0 radical (unpaired) electrons. The van der Waals surface area contributed by atoms with E-state index in [1.54, 1.807) is 13.1 Å². The Morgan fingerprint density at radius 3 is 2.53 bits per heavy atom. The van der Waals surface area contributed by atoms with E-state index in [1.165, 1.54) is 0 Å². The average molecular weight is 573 g/mol. The van der Waals surface area contributed by atoms with Crippen molar-refractivity contribution in [3.63, 3.8) is 0 Å². The predicted octanol–water partition coefficient (Wildman–Crippen LogP) is 5.13. The minimum absolute atomic E-state index is 0.131. The zero-order valence-corrected chi connectivity index (χ0v) is 24.6. The molecule has 4 heterocycles. The molecular weight excluding hydrogens is 536 g/mol. The van der Waals surface area contributed by atoms with E-state index in [0.29, 0.717) is 11.6 Å². The van der Waals surface area contributed by atoms with E-state index >= 15 is 0 Å². The van der Waals surface area contributed by atoms with Crippen molar-refractivity contribution in [3.8, 4) is 28.3 Å². The van der Waals surface area contributed by atoms with Crippen molar-refractivity contribution in [1.29, 1.82) is 0 Å². The number of pyridine rings is 2. The van der Waals surface area contributed by atoms with Crippen LogP contribution in [0.5, 0.6) is 0 Å². The van der Waals surface area contributed by atoms with Gasteiger partial charge in [0.1, 0.15) is 11.3 Å². The smallest absolute Gasteiger partial charge is 0.219 e. The Kier molecular flexibility index (Phi) is 6.62.